The lowest BCUT2D eigenvalue weighted by atomic mass is 10.2. The molecule has 0 saturated heterocycles. The van der Waals surface area contributed by atoms with Gasteiger partial charge in [-0.15, -0.1) is 0 Å². The van der Waals surface area contributed by atoms with Gasteiger partial charge in [0.1, 0.15) is 5.56 Å². The van der Waals surface area contributed by atoms with Crippen LogP contribution < -0.4 is 16.0 Å². The van der Waals surface area contributed by atoms with Crippen molar-refractivity contribution in [2.75, 3.05) is 7.11 Å². The first-order chi connectivity index (χ1) is 6.19. The van der Waals surface area contributed by atoms with Crippen molar-refractivity contribution in [3.8, 4) is 5.88 Å². The number of carbonyl (C=O) groups is 1. The van der Waals surface area contributed by atoms with Crippen molar-refractivity contribution in [3.05, 3.63) is 22.3 Å². The third kappa shape index (κ3) is 2.16. The molecule has 0 unspecified atom stereocenters. The summed E-state index contributed by atoms with van der Waals surface area (Å²) in [4.78, 5) is 15.0. The Balaban J connectivity index is 3.15. The van der Waals surface area contributed by atoms with Crippen molar-refractivity contribution in [3.63, 3.8) is 0 Å². The Morgan fingerprint density at radius 2 is 2.46 bits per heavy atom. The number of hydrogen-bond donors (Lipinski definition) is 2. The van der Waals surface area contributed by atoms with Gasteiger partial charge in [0.2, 0.25) is 5.88 Å². The number of ether oxygens (including phenoxy) is 1. The molecule has 0 aliphatic rings. The molecule has 13 heavy (non-hydrogen) atoms. The minimum Gasteiger partial charge on any atom is -0.480 e. The summed E-state index contributed by atoms with van der Waals surface area (Å²) >= 11 is 3.18. The summed E-state index contributed by atoms with van der Waals surface area (Å²) in [6.07, 6.45) is 1.53. The lowest BCUT2D eigenvalue weighted by molar-refractivity contribution is 0.0950. The summed E-state index contributed by atoms with van der Waals surface area (Å²) in [6, 6.07) is 1.58. The fourth-order valence-electron chi connectivity index (χ4n) is 0.830. The molecule has 3 N–H and O–H groups in total. The molecule has 0 bridgehead atoms. The van der Waals surface area contributed by atoms with E-state index in [0.29, 0.717) is 10.0 Å². The number of nitrogens with two attached hydrogens (primary N) is 1. The third-order valence-electron chi connectivity index (χ3n) is 1.39. The Labute approximate surface area is 83.4 Å². The van der Waals surface area contributed by atoms with E-state index in [9.17, 15) is 4.79 Å². The first-order valence-corrected chi connectivity index (χ1v) is 4.18. The van der Waals surface area contributed by atoms with Gasteiger partial charge < -0.3 is 4.74 Å². The number of aromatic nitrogens is 1. The van der Waals surface area contributed by atoms with E-state index < -0.39 is 5.91 Å². The van der Waals surface area contributed by atoms with Crippen molar-refractivity contribution < 1.29 is 9.53 Å². The highest BCUT2D eigenvalue weighted by molar-refractivity contribution is 9.10. The van der Waals surface area contributed by atoms with E-state index >= 15 is 0 Å². The van der Waals surface area contributed by atoms with E-state index in [2.05, 4.69) is 20.9 Å². The minimum absolute atomic E-state index is 0.242. The molecular weight excluding hydrogens is 238 g/mol. The number of hydrazine groups is 1. The van der Waals surface area contributed by atoms with Crippen LogP contribution in [0.2, 0.25) is 0 Å². The highest BCUT2D eigenvalue weighted by Crippen LogP contribution is 2.18. The summed E-state index contributed by atoms with van der Waals surface area (Å²) in [5.74, 6) is 4.78. The van der Waals surface area contributed by atoms with E-state index in [-0.39, 0.29) is 5.88 Å². The van der Waals surface area contributed by atoms with E-state index in [0.717, 1.165) is 0 Å². The van der Waals surface area contributed by atoms with Crippen molar-refractivity contribution >= 4 is 21.8 Å². The van der Waals surface area contributed by atoms with Crippen molar-refractivity contribution in [2.45, 2.75) is 0 Å². The normalized spacial score (nSPS) is 9.46. The number of halogens is 1. The molecule has 0 aliphatic heterocycles. The first-order valence-electron chi connectivity index (χ1n) is 3.39. The number of pyridine rings is 1. The monoisotopic (exact) mass is 245 g/mol. The van der Waals surface area contributed by atoms with Crippen molar-refractivity contribution in [1.82, 2.24) is 10.4 Å². The molecule has 0 fully saturated rings. The Morgan fingerprint density at radius 1 is 1.77 bits per heavy atom. The second kappa shape index (κ2) is 4.20. The van der Waals surface area contributed by atoms with Crippen LogP contribution in [0.5, 0.6) is 5.88 Å². The number of nitrogens with one attached hydrogen (secondary N) is 1. The number of hydrogen-bond acceptors (Lipinski definition) is 4. The zero-order valence-corrected chi connectivity index (χ0v) is 8.46. The van der Waals surface area contributed by atoms with Crippen LogP contribution in [0.25, 0.3) is 0 Å². The molecule has 0 radical (unpaired) electrons. The topological polar surface area (TPSA) is 77.2 Å². The Morgan fingerprint density at radius 3 is 3.00 bits per heavy atom. The average molecular weight is 246 g/mol. The molecule has 0 atom stereocenters. The molecule has 0 aromatic carbocycles. The highest BCUT2D eigenvalue weighted by Gasteiger charge is 2.12. The van der Waals surface area contributed by atoms with Crippen LogP contribution in [0, 0.1) is 0 Å². The fourth-order valence-corrected chi connectivity index (χ4v) is 1.16. The van der Waals surface area contributed by atoms with Gasteiger partial charge >= 0.3 is 0 Å². The number of carbonyl (C=O) groups excluding carboxylic acids is 1. The molecule has 1 rings (SSSR count). The van der Waals surface area contributed by atoms with Crippen LogP contribution in [0.15, 0.2) is 16.7 Å². The Kier molecular flexibility index (Phi) is 3.21. The van der Waals surface area contributed by atoms with Gasteiger partial charge in [-0.1, -0.05) is 0 Å². The molecule has 1 aromatic rings. The second-order valence-electron chi connectivity index (χ2n) is 2.18. The first kappa shape index (κ1) is 9.94. The van der Waals surface area contributed by atoms with E-state index in [1.54, 1.807) is 6.07 Å². The number of rotatable bonds is 2. The predicted octanol–water partition coefficient (Wildman–Crippen LogP) is 0.456. The quantitative estimate of drug-likeness (QED) is 0.451. The van der Waals surface area contributed by atoms with Gasteiger partial charge in [0, 0.05) is 10.7 Å². The Hall–Kier alpha value is -1.14. The number of nitrogen functional groups attached to an aromatic ring is 1. The third-order valence-corrected chi connectivity index (χ3v) is 1.82. The summed E-state index contributed by atoms with van der Waals surface area (Å²) < 4.78 is 5.56. The molecule has 1 amide bonds. The van der Waals surface area contributed by atoms with Crippen LogP contribution in [-0.2, 0) is 0 Å². The van der Waals surface area contributed by atoms with Gasteiger partial charge in [0.15, 0.2) is 0 Å². The maximum atomic E-state index is 11.2. The Bertz CT molecular complexity index is 330. The van der Waals surface area contributed by atoms with Crippen LogP contribution >= 0.6 is 15.9 Å². The summed E-state index contributed by atoms with van der Waals surface area (Å²) in [5.41, 5.74) is 2.29. The lowest BCUT2D eigenvalue weighted by Crippen LogP contribution is -2.30. The standard InChI is InChI=1S/C7H8BrN3O2/c1-13-7-5(6(12)11-9)2-4(8)3-10-7/h2-3H,9H2,1H3,(H,11,12). The molecule has 0 saturated carbocycles. The molecule has 5 nitrogen and oxygen atoms in total. The summed E-state index contributed by atoms with van der Waals surface area (Å²) in [7, 11) is 1.43. The van der Waals surface area contributed by atoms with Crippen molar-refractivity contribution in [2.24, 2.45) is 5.84 Å². The maximum Gasteiger partial charge on any atom is 0.270 e. The smallest absolute Gasteiger partial charge is 0.270 e. The number of methoxy groups -OCH3 is 1. The molecule has 1 aromatic heterocycles. The second-order valence-corrected chi connectivity index (χ2v) is 3.10. The molecule has 0 aliphatic carbocycles. The van der Waals surface area contributed by atoms with E-state index in [1.807, 2.05) is 5.43 Å². The van der Waals surface area contributed by atoms with Gasteiger partial charge in [0.25, 0.3) is 5.91 Å². The maximum absolute atomic E-state index is 11.2. The largest absolute Gasteiger partial charge is 0.480 e. The SMILES string of the molecule is COc1ncc(Br)cc1C(=O)NN. The molecule has 1 heterocycles. The number of amides is 1. The lowest BCUT2D eigenvalue weighted by Gasteiger charge is -2.05. The minimum atomic E-state index is -0.439. The molecule has 70 valence electrons. The van der Waals surface area contributed by atoms with Crippen LogP contribution in [0.3, 0.4) is 0 Å². The highest BCUT2D eigenvalue weighted by atomic mass is 79.9. The predicted molar refractivity (Wildman–Crippen MR) is 50.1 cm³/mol. The fraction of sp³-hybridized carbons (Fsp3) is 0.143. The number of nitrogens with zero attached hydrogens (tertiary/aromatic N) is 1. The molecule has 0 spiro atoms. The van der Waals surface area contributed by atoms with Crippen LogP contribution in [-0.4, -0.2) is 18.0 Å². The van der Waals surface area contributed by atoms with Gasteiger partial charge in [-0.3, -0.25) is 10.2 Å². The van der Waals surface area contributed by atoms with E-state index in [4.69, 9.17) is 10.6 Å². The zero-order valence-electron chi connectivity index (χ0n) is 6.87. The van der Waals surface area contributed by atoms with Crippen LogP contribution in [0.4, 0.5) is 0 Å². The average Bonchev–Trinajstić information content (AvgIpc) is 2.16. The van der Waals surface area contributed by atoms with Crippen molar-refractivity contribution in [1.29, 1.82) is 0 Å². The van der Waals surface area contributed by atoms with Gasteiger partial charge in [0.05, 0.1) is 7.11 Å². The van der Waals surface area contributed by atoms with E-state index in [1.165, 1.54) is 13.3 Å². The van der Waals surface area contributed by atoms with Gasteiger partial charge in [-0.25, -0.2) is 10.8 Å². The summed E-state index contributed by atoms with van der Waals surface area (Å²) in [5, 5.41) is 0. The van der Waals surface area contributed by atoms with Gasteiger partial charge in [-0.05, 0) is 22.0 Å². The van der Waals surface area contributed by atoms with Crippen LogP contribution in [0.1, 0.15) is 10.4 Å². The molecule has 6 heteroatoms. The summed E-state index contributed by atoms with van der Waals surface area (Å²) in [6.45, 7) is 0. The van der Waals surface area contributed by atoms with Gasteiger partial charge in [-0.2, -0.15) is 0 Å². The zero-order chi connectivity index (χ0) is 9.84. The molecular formula is C7H8BrN3O2.